The first kappa shape index (κ1) is 14.5. The summed E-state index contributed by atoms with van der Waals surface area (Å²) in [6.45, 7) is 7.88. The third-order valence-electron chi connectivity index (χ3n) is 4.00. The molecule has 0 bridgehead atoms. The maximum Gasteiger partial charge on any atom is 0.243 e. The van der Waals surface area contributed by atoms with Crippen molar-refractivity contribution in [1.29, 1.82) is 0 Å². The second-order valence-corrected chi connectivity index (χ2v) is 7.54. The van der Waals surface area contributed by atoms with Crippen molar-refractivity contribution in [2.24, 2.45) is 0 Å². The van der Waals surface area contributed by atoms with E-state index in [-0.39, 0.29) is 12.1 Å². The van der Waals surface area contributed by atoms with Gasteiger partial charge in [0.25, 0.3) is 0 Å². The van der Waals surface area contributed by atoms with Gasteiger partial charge in [0.05, 0.1) is 4.90 Å². The molecule has 0 N–H and O–H groups in total. The van der Waals surface area contributed by atoms with Gasteiger partial charge in [-0.05, 0) is 52.2 Å². The van der Waals surface area contributed by atoms with Crippen molar-refractivity contribution >= 4 is 10.0 Å². The van der Waals surface area contributed by atoms with Crippen LogP contribution in [0, 0.1) is 13.8 Å². The van der Waals surface area contributed by atoms with E-state index in [9.17, 15) is 8.42 Å². The largest absolute Gasteiger partial charge is 0.243 e. The average Bonchev–Trinajstić information content (AvgIpc) is 2.27. The van der Waals surface area contributed by atoms with E-state index in [1.807, 2.05) is 39.8 Å². The highest BCUT2D eigenvalue weighted by molar-refractivity contribution is 7.89. The fourth-order valence-electron chi connectivity index (χ4n) is 3.07. The fraction of sp³-hybridized carbons (Fsp3) is 0.600. The lowest BCUT2D eigenvalue weighted by Crippen LogP contribution is -2.47. The molecular weight excluding hydrogens is 258 g/mol. The summed E-state index contributed by atoms with van der Waals surface area (Å²) in [4.78, 5) is 0.457. The highest BCUT2D eigenvalue weighted by Gasteiger charge is 2.36. The zero-order chi connectivity index (χ0) is 14.2. The van der Waals surface area contributed by atoms with E-state index in [1.54, 1.807) is 10.4 Å². The van der Waals surface area contributed by atoms with Gasteiger partial charge in [-0.25, -0.2) is 8.42 Å². The predicted molar refractivity (Wildman–Crippen MR) is 77.7 cm³/mol. The van der Waals surface area contributed by atoms with Gasteiger partial charge in [0.15, 0.2) is 0 Å². The van der Waals surface area contributed by atoms with E-state index in [1.165, 1.54) is 0 Å². The highest BCUT2D eigenvalue weighted by Crippen LogP contribution is 2.30. The van der Waals surface area contributed by atoms with E-state index in [2.05, 4.69) is 0 Å². The van der Waals surface area contributed by atoms with E-state index >= 15 is 0 Å². The Balaban J connectivity index is 2.46. The molecule has 1 saturated heterocycles. The van der Waals surface area contributed by atoms with Crippen molar-refractivity contribution in [3.8, 4) is 0 Å². The number of aryl methyl sites for hydroxylation is 2. The van der Waals surface area contributed by atoms with Crippen molar-refractivity contribution in [3.05, 3.63) is 29.3 Å². The summed E-state index contributed by atoms with van der Waals surface area (Å²) in [6, 6.07) is 5.74. The summed E-state index contributed by atoms with van der Waals surface area (Å²) >= 11 is 0. The number of nitrogens with zero attached hydrogens (tertiary/aromatic N) is 1. The summed E-state index contributed by atoms with van der Waals surface area (Å²) in [7, 11) is -3.37. The summed E-state index contributed by atoms with van der Waals surface area (Å²) in [5.74, 6) is 0. The zero-order valence-electron chi connectivity index (χ0n) is 12.2. The first-order valence-corrected chi connectivity index (χ1v) is 8.39. The fourth-order valence-corrected chi connectivity index (χ4v) is 5.17. The van der Waals surface area contributed by atoms with Crippen LogP contribution >= 0.6 is 0 Å². The monoisotopic (exact) mass is 281 g/mol. The lowest BCUT2D eigenvalue weighted by molar-refractivity contribution is 0.204. The molecule has 0 saturated carbocycles. The second-order valence-electron chi connectivity index (χ2n) is 5.73. The lowest BCUT2D eigenvalue weighted by atomic mass is 10.0. The van der Waals surface area contributed by atoms with Crippen LogP contribution in [0.5, 0.6) is 0 Å². The number of rotatable bonds is 2. The highest BCUT2D eigenvalue weighted by atomic mass is 32.2. The Morgan fingerprint density at radius 2 is 1.68 bits per heavy atom. The van der Waals surface area contributed by atoms with Crippen LogP contribution < -0.4 is 0 Å². The van der Waals surface area contributed by atoms with Gasteiger partial charge in [-0.15, -0.1) is 0 Å². The summed E-state index contributed by atoms with van der Waals surface area (Å²) in [5.41, 5.74) is 1.93. The molecule has 2 rings (SSSR count). The van der Waals surface area contributed by atoms with Gasteiger partial charge in [-0.1, -0.05) is 24.1 Å². The van der Waals surface area contributed by atoms with Crippen LogP contribution in [0.1, 0.15) is 44.2 Å². The molecule has 1 heterocycles. The maximum atomic E-state index is 12.9. The van der Waals surface area contributed by atoms with E-state index in [0.717, 1.165) is 30.4 Å². The third kappa shape index (κ3) is 2.70. The maximum absolute atomic E-state index is 12.9. The van der Waals surface area contributed by atoms with Crippen LogP contribution in [0.2, 0.25) is 0 Å². The van der Waals surface area contributed by atoms with Crippen LogP contribution in [-0.4, -0.2) is 24.8 Å². The average molecular weight is 281 g/mol. The van der Waals surface area contributed by atoms with Gasteiger partial charge in [0, 0.05) is 12.1 Å². The zero-order valence-corrected chi connectivity index (χ0v) is 13.0. The quantitative estimate of drug-likeness (QED) is 0.834. The van der Waals surface area contributed by atoms with Crippen LogP contribution in [0.3, 0.4) is 0 Å². The molecule has 1 aromatic rings. The van der Waals surface area contributed by atoms with Gasteiger partial charge in [-0.2, -0.15) is 4.31 Å². The molecule has 1 aromatic carbocycles. The molecule has 0 spiro atoms. The topological polar surface area (TPSA) is 37.4 Å². The first-order valence-electron chi connectivity index (χ1n) is 6.95. The molecule has 19 heavy (non-hydrogen) atoms. The van der Waals surface area contributed by atoms with E-state index < -0.39 is 10.0 Å². The van der Waals surface area contributed by atoms with Crippen molar-refractivity contribution in [2.75, 3.05) is 0 Å². The number of benzene rings is 1. The molecule has 2 atom stereocenters. The van der Waals surface area contributed by atoms with Crippen LogP contribution in [0.25, 0.3) is 0 Å². The Morgan fingerprint density at radius 1 is 1.11 bits per heavy atom. The number of hydrogen-bond donors (Lipinski definition) is 0. The normalized spacial score (nSPS) is 25.5. The standard InChI is InChI=1S/C15H23NO2S/c1-11-8-9-15(12(2)10-11)19(17,18)16-13(3)6-5-7-14(16)4/h8-10,13-14H,5-7H2,1-4H3/t13-,14-/m0/s1. The lowest BCUT2D eigenvalue weighted by Gasteiger charge is -2.38. The molecule has 1 fully saturated rings. The Labute approximate surface area is 116 Å². The molecule has 4 heteroatoms. The smallest absolute Gasteiger partial charge is 0.207 e. The minimum Gasteiger partial charge on any atom is -0.207 e. The van der Waals surface area contributed by atoms with Gasteiger partial charge in [-0.3, -0.25) is 0 Å². The first-order chi connectivity index (χ1) is 8.84. The van der Waals surface area contributed by atoms with Gasteiger partial charge < -0.3 is 0 Å². The molecule has 0 unspecified atom stereocenters. The summed E-state index contributed by atoms with van der Waals surface area (Å²) in [5, 5.41) is 0. The van der Waals surface area contributed by atoms with Gasteiger partial charge in [0.1, 0.15) is 0 Å². The number of hydrogen-bond acceptors (Lipinski definition) is 2. The van der Waals surface area contributed by atoms with Crippen LogP contribution in [0.15, 0.2) is 23.1 Å². The van der Waals surface area contributed by atoms with E-state index in [0.29, 0.717) is 4.90 Å². The van der Waals surface area contributed by atoms with Crippen LogP contribution in [-0.2, 0) is 10.0 Å². The Bertz CT molecular complexity index is 556. The molecule has 1 aliphatic heterocycles. The molecular formula is C15H23NO2S. The third-order valence-corrected chi connectivity index (χ3v) is 6.29. The molecule has 3 nitrogen and oxygen atoms in total. The molecule has 1 aliphatic rings. The summed E-state index contributed by atoms with van der Waals surface area (Å²) < 4.78 is 27.4. The SMILES string of the molecule is Cc1ccc(S(=O)(=O)N2[C@@H](C)CCC[C@@H]2C)c(C)c1. The van der Waals surface area contributed by atoms with Crippen molar-refractivity contribution in [2.45, 2.75) is 63.9 Å². The Hall–Kier alpha value is -0.870. The minimum atomic E-state index is -3.37. The predicted octanol–water partition coefficient (Wildman–Crippen LogP) is 3.26. The molecule has 0 aromatic heterocycles. The Morgan fingerprint density at radius 3 is 2.21 bits per heavy atom. The van der Waals surface area contributed by atoms with Crippen molar-refractivity contribution in [3.63, 3.8) is 0 Å². The van der Waals surface area contributed by atoms with Gasteiger partial charge in [0.2, 0.25) is 10.0 Å². The second kappa shape index (κ2) is 5.25. The molecule has 106 valence electrons. The molecule has 0 amide bonds. The van der Waals surface area contributed by atoms with E-state index in [4.69, 9.17) is 0 Å². The number of piperidine rings is 1. The van der Waals surface area contributed by atoms with Gasteiger partial charge >= 0.3 is 0 Å². The van der Waals surface area contributed by atoms with Crippen molar-refractivity contribution in [1.82, 2.24) is 4.31 Å². The number of sulfonamides is 1. The summed E-state index contributed by atoms with van der Waals surface area (Å²) in [6.07, 6.45) is 3.02. The van der Waals surface area contributed by atoms with Crippen LogP contribution in [0.4, 0.5) is 0 Å². The molecule has 0 aliphatic carbocycles. The minimum absolute atomic E-state index is 0.0921. The molecule has 0 radical (unpaired) electrons. The Kier molecular flexibility index (Phi) is 4.02. The van der Waals surface area contributed by atoms with Crippen molar-refractivity contribution < 1.29 is 8.42 Å².